The average molecular weight is 491 g/mol. The molecule has 1 aliphatic heterocycles. The number of aromatic nitrogens is 1. The maximum atomic E-state index is 13.0. The Morgan fingerprint density at radius 3 is 2.45 bits per heavy atom. The fourth-order valence-electron chi connectivity index (χ4n) is 3.71. The number of rotatable bonds is 5. The molecular formula is C22H23BrN2O2S2. The maximum absolute atomic E-state index is 13.0. The van der Waals surface area contributed by atoms with Crippen LogP contribution in [-0.2, 0) is 15.2 Å². The fourth-order valence-corrected chi connectivity index (χ4v) is 6.70. The zero-order chi connectivity index (χ0) is 20.4. The quantitative estimate of drug-likeness (QED) is 0.445. The lowest BCUT2D eigenvalue weighted by atomic mass is 10.1. The summed E-state index contributed by atoms with van der Waals surface area (Å²) in [5, 5.41) is 3.46. The van der Waals surface area contributed by atoms with Gasteiger partial charge in [0.2, 0.25) is 0 Å². The summed E-state index contributed by atoms with van der Waals surface area (Å²) < 4.78 is 26.0. The number of anilines is 1. The first-order valence-electron chi connectivity index (χ1n) is 9.64. The number of alkyl halides is 1. The second-order valence-electron chi connectivity index (χ2n) is 7.34. The predicted octanol–water partition coefficient (Wildman–Crippen LogP) is 5.46. The van der Waals surface area contributed by atoms with Crippen molar-refractivity contribution in [1.82, 2.24) is 4.98 Å². The van der Waals surface area contributed by atoms with E-state index in [1.165, 1.54) is 5.56 Å². The molecule has 2 heterocycles. The molecule has 4 rings (SSSR count). The van der Waals surface area contributed by atoms with Gasteiger partial charge in [-0.05, 0) is 43.0 Å². The van der Waals surface area contributed by atoms with Crippen LogP contribution in [0.25, 0.3) is 11.3 Å². The monoisotopic (exact) mass is 490 g/mol. The largest absolute Gasteiger partial charge is 0.348 e. The first kappa shape index (κ1) is 20.6. The van der Waals surface area contributed by atoms with Gasteiger partial charge in [0.25, 0.3) is 0 Å². The molecule has 0 saturated carbocycles. The molecule has 0 atom stereocenters. The summed E-state index contributed by atoms with van der Waals surface area (Å²) in [7, 11) is -3.30. The van der Waals surface area contributed by atoms with Gasteiger partial charge in [-0.25, -0.2) is 13.4 Å². The van der Waals surface area contributed by atoms with Gasteiger partial charge in [0.15, 0.2) is 15.0 Å². The Bertz CT molecular complexity index is 1090. The highest BCUT2D eigenvalue weighted by Crippen LogP contribution is 2.32. The minimum atomic E-state index is -3.30. The van der Waals surface area contributed by atoms with E-state index in [-0.39, 0.29) is 5.25 Å². The number of piperidine rings is 1. The molecule has 1 saturated heterocycles. The SMILES string of the molecule is Cc1ccccc1-c1csc(N2CCC(S(=O)(=O)c3ccc(CBr)cc3)CC2)n1. The molecule has 1 fully saturated rings. The zero-order valence-corrected chi connectivity index (χ0v) is 19.4. The van der Waals surface area contributed by atoms with Crippen LogP contribution in [0.2, 0.25) is 0 Å². The standard InChI is InChI=1S/C22H23BrN2O2S2/c1-16-4-2-3-5-20(16)21-15-28-22(24-21)25-12-10-19(11-13-25)29(26,27)18-8-6-17(14-23)7-9-18/h2-9,15,19H,10-14H2,1H3. The van der Waals surface area contributed by atoms with E-state index in [1.807, 2.05) is 24.3 Å². The highest BCUT2D eigenvalue weighted by molar-refractivity contribution is 9.08. The van der Waals surface area contributed by atoms with Crippen LogP contribution in [0.15, 0.2) is 58.8 Å². The number of halogens is 1. The normalized spacial score (nSPS) is 15.6. The summed E-state index contributed by atoms with van der Waals surface area (Å²) >= 11 is 5.03. The van der Waals surface area contributed by atoms with Crippen molar-refractivity contribution < 1.29 is 8.42 Å². The van der Waals surface area contributed by atoms with Crippen molar-refractivity contribution in [2.75, 3.05) is 18.0 Å². The Balaban J connectivity index is 1.45. The summed E-state index contributed by atoms with van der Waals surface area (Å²) in [5.74, 6) is 0. The Labute approximate surface area is 184 Å². The smallest absolute Gasteiger partial charge is 0.185 e. The third-order valence-electron chi connectivity index (χ3n) is 5.47. The molecule has 0 spiro atoms. The summed E-state index contributed by atoms with van der Waals surface area (Å²) in [6, 6.07) is 15.5. The van der Waals surface area contributed by atoms with Gasteiger partial charge >= 0.3 is 0 Å². The van der Waals surface area contributed by atoms with Gasteiger partial charge in [-0.2, -0.15) is 0 Å². The molecule has 0 unspecified atom stereocenters. The Hall–Kier alpha value is -1.70. The van der Waals surface area contributed by atoms with E-state index in [0.717, 1.165) is 27.3 Å². The van der Waals surface area contributed by atoms with E-state index in [0.29, 0.717) is 30.8 Å². The summed E-state index contributed by atoms with van der Waals surface area (Å²) in [6.07, 6.45) is 1.25. The molecule has 7 heteroatoms. The first-order chi connectivity index (χ1) is 14.0. The molecule has 2 aromatic carbocycles. The van der Waals surface area contributed by atoms with Crippen molar-refractivity contribution in [3.63, 3.8) is 0 Å². The van der Waals surface area contributed by atoms with E-state index in [4.69, 9.17) is 4.98 Å². The summed E-state index contributed by atoms with van der Waals surface area (Å²) in [5.41, 5.74) is 4.43. The predicted molar refractivity (Wildman–Crippen MR) is 124 cm³/mol. The molecule has 0 amide bonds. The summed E-state index contributed by atoms with van der Waals surface area (Å²) in [6.45, 7) is 3.52. The minimum Gasteiger partial charge on any atom is -0.348 e. The highest BCUT2D eigenvalue weighted by Gasteiger charge is 2.32. The van der Waals surface area contributed by atoms with Crippen molar-refractivity contribution in [2.24, 2.45) is 0 Å². The average Bonchev–Trinajstić information content (AvgIpc) is 3.24. The number of nitrogens with zero attached hydrogens (tertiary/aromatic N) is 2. The number of thiazole rings is 1. The van der Waals surface area contributed by atoms with Crippen molar-refractivity contribution >= 4 is 42.2 Å². The molecule has 152 valence electrons. The molecule has 0 N–H and O–H groups in total. The second kappa shape index (κ2) is 8.58. The lowest BCUT2D eigenvalue weighted by Crippen LogP contribution is -2.39. The van der Waals surface area contributed by atoms with Crippen LogP contribution in [0.3, 0.4) is 0 Å². The molecule has 4 nitrogen and oxygen atoms in total. The van der Waals surface area contributed by atoms with Gasteiger partial charge < -0.3 is 4.90 Å². The van der Waals surface area contributed by atoms with E-state index >= 15 is 0 Å². The van der Waals surface area contributed by atoms with Gasteiger partial charge in [-0.15, -0.1) is 11.3 Å². The molecule has 1 aromatic heterocycles. The van der Waals surface area contributed by atoms with Crippen molar-refractivity contribution in [3.05, 3.63) is 65.0 Å². The highest BCUT2D eigenvalue weighted by atomic mass is 79.9. The van der Waals surface area contributed by atoms with Gasteiger partial charge in [0.1, 0.15) is 0 Å². The Morgan fingerprint density at radius 2 is 1.79 bits per heavy atom. The number of aryl methyl sites for hydroxylation is 1. The summed E-state index contributed by atoms with van der Waals surface area (Å²) in [4.78, 5) is 7.46. The first-order valence-corrected chi connectivity index (χ1v) is 13.2. The third kappa shape index (κ3) is 4.27. The van der Waals surface area contributed by atoms with E-state index in [2.05, 4.69) is 45.3 Å². The molecule has 0 radical (unpaired) electrons. The second-order valence-corrected chi connectivity index (χ2v) is 11.0. The van der Waals surface area contributed by atoms with Gasteiger partial charge in [-0.1, -0.05) is 52.3 Å². The maximum Gasteiger partial charge on any atom is 0.185 e. The van der Waals surface area contributed by atoms with Crippen LogP contribution in [0.5, 0.6) is 0 Å². The van der Waals surface area contributed by atoms with Crippen LogP contribution < -0.4 is 4.90 Å². The fraction of sp³-hybridized carbons (Fsp3) is 0.318. The molecular weight excluding hydrogens is 468 g/mol. The van der Waals surface area contributed by atoms with Gasteiger partial charge in [0, 0.05) is 29.4 Å². The van der Waals surface area contributed by atoms with Crippen LogP contribution in [0.1, 0.15) is 24.0 Å². The van der Waals surface area contributed by atoms with E-state index in [1.54, 1.807) is 23.5 Å². The lowest BCUT2D eigenvalue weighted by Gasteiger charge is -2.31. The Kier molecular flexibility index (Phi) is 6.08. The third-order valence-corrected chi connectivity index (χ3v) is 9.30. The molecule has 29 heavy (non-hydrogen) atoms. The number of sulfone groups is 1. The van der Waals surface area contributed by atoms with Crippen molar-refractivity contribution in [2.45, 2.75) is 35.2 Å². The van der Waals surface area contributed by atoms with E-state index < -0.39 is 9.84 Å². The number of hydrogen-bond donors (Lipinski definition) is 0. The topological polar surface area (TPSA) is 50.3 Å². The van der Waals surface area contributed by atoms with Crippen molar-refractivity contribution in [1.29, 1.82) is 0 Å². The number of hydrogen-bond acceptors (Lipinski definition) is 5. The molecule has 1 aliphatic rings. The van der Waals surface area contributed by atoms with Gasteiger partial charge in [-0.3, -0.25) is 0 Å². The lowest BCUT2D eigenvalue weighted by molar-refractivity contribution is 0.529. The van der Waals surface area contributed by atoms with Crippen LogP contribution >= 0.6 is 27.3 Å². The molecule has 0 aliphatic carbocycles. The minimum absolute atomic E-state index is 0.329. The van der Waals surface area contributed by atoms with Crippen molar-refractivity contribution in [3.8, 4) is 11.3 Å². The van der Waals surface area contributed by atoms with E-state index in [9.17, 15) is 8.42 Å². The van der Waals surface area contributed by atoms with Crippen LogP contribution in [-0.4, -0.2) is 31.7 Å². The Morgan fingerprint density at radius 1 is 1.10 bits per heavy atom. The molecule has 3 aromatic rings. The van der Waals surface area contributed by atoms with Gasteiger partial charge in [0.05, 0.1) is 15.8 Å². The zero-order valence-electron chi connectivity index (χ0n) is 16.2. The van der Waals surface area contributed by atoms with Crippen LogP contribution in [0.4, 0.5) is 5.13 Å². The van der Waals surface area contributed by atoms with Crippen LogP contribution in [0, 0.1) is 6.92 Å². The number of benzene rings is 2. The molecule has 0 bridgehead atoms.